The van der Waals surface area contributed by atoms with Gasteiger partial charge < -0.3 is 10.6 Å². The van der Waals surface area contributed by atoms with Crippen molar-refractivity contribution in [1.29, 1.82) is 0 Å². The van der Waals surface area contributed by atoms with E-state index in [-0.39, 0.29) is 23.3 Å². The van der Waals surface area contributed by atoms with Crippen LogP contribution in [-0.2, 0) is 4.79 Å². The third kappa shape index (κ3) is 8.09. The van der Waals surface area contributed by atoms with E-state index < -0.39 is 6.52 Å². The molecular formula is C14H28N2O2. The Balaban J connectivity index is 3.95. The number of Topliss-reactive ketones (excluding diaryl/α,β-unsaturated/α-hetero) is 1. The number of nitrogens with one attached hydrogen (secondary N) is 2. The van der Waals surface area contributed by atoms with E-state index in [1.165, 1.54) is 0 Å². The molecular weight excluding hydrogens is 228 g/mol. The minimum Gasteiger partial charge on any atom is -0.338 e. The summed E-state index contributed by atoms with van der Waals surface area (Å²) < 4.78 is 7.57. The van der Waals surface area contributed by atoms with Crippen molar-refractivity contribution in [3.8, 4) is 0 Å². The Morgan fingerprint density at radius 3 is 2.44 bits per heavy atom. The van der Waals surface area contributed by atoms with Gasteiger partial charge in [0.1, 0.15) is 5.78 Å². The predicted molar refractivity (Wildman–Crippen MR) is 74.6 cm³/mol. The average molecular weight is 258 g/mol. The molecule has 4 nitrogen and oxygen atoms in total. The Morgan fingerprint density at radius 2 is 1.94 bits per heavy atom. The third-order valence-electron chi connectivity index (χ3n) is 2.68. The first-order chi connectivity index (χ1) is 8.66. The number of hydrogen-bond donors (Lipinski definition) is 2. The van der Waals surface area contributed by atoms with Gasteiger partial charge in [-0.05, 0) is 19.8 Å². The Bertz CT molecular complexity index is 300. The first kappa shape index (κ1) is 15.0. The molecule has 0 saturated heterocycles. The lowest BCUT2D eigenvalue weighted by Crippen LogP contribution is -2.41. The van der Waals surface area contributed by atoms with Gasteiger partial charge in [0.15, 0.2) is 0 Å². The fraction of sp³-hybridized carbons (Fsp3) is 0.857. The number of carbonyl (C=O) groups excluding carboxylic acids is 2. The molecule has 0 aromatic carbocycles. The Hall–Kier alpha value is -1.06. The molecule has 0 aromatic rings. The van der Waals surface area contributed by atoms with Gasteiger partial charge >= 0.3 is 6.03 Å². The zero-order chi connectivity index (χ0) is 15.1. The van der Waals surface area contributed by atoms with E-state index in [2.05, 4.69) is 10.6 Å². The largest absolute Gasteiger partial charge is 0.338 e. The fourth-order valence-electron chi connectivity index (χ4n) is 1.37. The maximum absolute atomic E-state index is 11.8. The number of hydrogen-bond acceptors (Lipinski definition) is 2. The van der Waals surface area contributed by atoms with E-state index in [4.69, 9.17) is 1.37 Å². The first-order valence-corrected chi connectivity index (χ1v) is 6.69. The van der Waals surface area contributed by atoms with Crippen LogP contribution in [-0.4, -0.2) is 24.4 Å². The van der Waals surface area contributed by atoms with Crippen LogP contribution < -0.4 is 10.6 Å². The molecule has 0 rings (SSSR count). The highest BCUT2D eigenvalue weighted by Gasteiger charge is 2.21. The molecule has 2 atom stereocenters. The lowest BCUT2D eigenvalue weighted by atomic mass is 9.87. The maximum Gasteiger partial charge on any atom is 0.314 e. The van der Waals surface area contributed by atoms with Crippen molar-refractivity contribution in [2.75, 3.05) is 6.52 Å². The third-order valence-corrected chi connectivity index (χ3v) is 2.68. The molecule has 0 aromatic heterocycles. The minimum absolute atomic E-state index is 0.0693. The van der Waals surface area contributed by atoms with Crippen LogP contribution in [0.15, 0.2) is 0 Å². The molecule has 4 heteroatoms. The van der Waals surface area contributed by atoms with Crippen molar-refractivity contribution in [3.05, 3.63) is 0 Å². The second kappa shape index (κ2) is 8.11. The quantitative estimate of drug-likeness (QED) is 0.737. The summed E-state index contributed by atoms with van der Waals surface area (Å²) in [5, 5.41) is 5.32. The molecule has 0 aliphatic heterocycles. The summed E-state index contributed by atoms with van der Waals surface area (Å²) in [4.78, 5) is 23.3. The zero-order valence-electron chi connectivity index (χ0n) is 13.3. The summed E-state index contributed by atoms with van der Waals surface area (Å²) in [6.07, 6.45) is 2.60. The summed E-state index contributed by atoms with van der Waals surface area (Å²) in [5.41, 5.74) is -0.324. The summed E-state index contributed by atoms with van der Waals surface area (Å²) in [6.45, 7) is 8.98. The van der Waals surface area contributed by atoms with Crippen molar-refractivity contribution in [3.63, 3.8) is 0 Å². The first-order valence-electron chi connectivity index (χ1n) is 7.27. The Kier molecular flexibility index (Phi) is 6.76. The van der Waals surface area contributed by atoms with Crippen molar-refractivity contribution >= 4 is 11.8 Å². The van der Waals surface area contributed by atoms with Gasteiger partial charge in [-0.15, -0.1) is 0 Å². The minimum atomic E-state index is -0.562. The molecule has 0 spiro atoms. The van der Waals surface area contributed by atoms with E-state index in [0.29, 0.717) is 19.3 Å². The maximum atomic E-state index is 11.8. The summed E-state index contributed by atoms with van der Waals surface area (Å²) in [5.74, 6) is 0.200. The van der Waals surface area contributed by atoms with Gasteiger partial charge in [0.2, 0.25) is 0 Å². The van der Waals surface area contributed by atoms with Crippen LogP contribution in [0.25, 0.3) is 0 Å². The summed E-state index contributed by atoms with van der Waals surface area (Å²) in [7, 11) is 0. The number of ketones is 1. The van der Waals surface area contributed by atoms with Crippen LogP contribution in [0.5, 0.6) is 0 Å². The summed E-state index contributed by atoms with van der Waals surface area (Å²) >= 11 is 0. The molecule has 106 valence electrons. The topological polar surface area (TPSA) is 58.2 Å². The Labute approximate surface area is 112 Å². The molecule has 2 amide bonds. The van der Waals surface area contributed by atoms with Gasteiger partial charge in [-0.3, -0.25) is 4.79 Å². The molecule has 0 unspecified atom stereocenters. The van der Waals surface area contributed by atoms with Gasteiger partial charge in [-0.2, -0.15) is 0 Å². The molecule has 0 heterocycles. The predicted octanol–water partition coefficient (Wildman–Crippen LogP) is 2.87. The van der Waals surface area contributed by atoms with E-state index in [9.17, 15) is 9.59 Å². The van der Waals surface area contributed by atoms with Crippen molar-refractivity contribution in [2.45, 2.75) is 66.3 Å². The van der Waals surface area contributed by atoms with E-state index in [1.807, 2.05) is 34.6 Å². The van der Waals surface area contributed by atoms with Crippen LogP contribution in [0.4, 0.5) is 4.79 Å². The van der Waals surface area contributed by atoms with Crippen molar-refractivity contribution in [1.82, 2.24) is 10.6 Å². The normalized spacial score (nSPS) is 15.5. The lowest BCUT2D eigenvalue weighted by molar-refractivity contribution is -0.126. The second-order valence-corrected chi connectivity index (χ2v) is 5.72. The molecule has 0 saturated carbocycles. The molecule has 0 aliphatic carbocycles. The Morgan fingerprint density at radius 1 is 1.33 bits per heavy atom. The van der Waals surface area contributed by atoms with Crippen LogP contribution in [0, 0.1) is 5.41 Å². The highest BCUT2D eigenvalue weighted by atomic mass is 16.2. The SMILES string of the molecule is [3H][C@@H](CCC)NC(=O)N[C@H](C)CCC(=O)C(C)(C)C. The monoisotopic (exact) mass is 258 g/mol. The molecule has 2 N–H and O–H groups in total. The fourth-order valence-corrected chi connectivity index (χ4v) is 1.37. The smallest absolute Gasteiger partial charge is 0.314 e. The highest BCUT2D eigenvalue weighted by molar-refractivity contribution is 5.83. The van der Waals surface area contributed by atoms with Crippen molar-refractivity contribution in [2.24, 2.45) is 5.41 Å². The molecule has 18 heavy (non-hydrogen) atoms. The molecule has 0 radical (unpaired) electrons. The van der Waals surface area contributed by atoms with Crippen LogP contribution in [0.1, 0.15) is 61.7 Å². The van der Waals surface area contributed by atoms with E-state index in [1.54, 1.807) is 0 Å². The lowest BCUT2D eigenvalue weighted by Gasteiger charge is -2.19. The number of carbonyl (C=O) groups is 2. The van der Waals surface area contributed by atoms with Gasteiger partial charge in [0.25, 0.3) is 0 Å². The van der Waals surface area contributed by atoms with E-state index >= 15 is 0 Å². The van der Waals surface area contributed by atoms with Crippen LogP contribution in [0.3, 0.4) is 0 Å². The average Bonchev–Trinajstić information content (AvgIpc) is 2.24. The van der Waals surface area contributed by atoms with E-state index in [0.717, 1.165) is 6.42 Å². The molecule has 0 bridgehead atoms. The number of amides is 2. The molecule has 0 aliphatic rings. The van der Waals surface area contributed by atoms with Gasteiger partial charge in [0, 0.05) is 25.8 Å². The van der Waals surface area contributed by atoms with Gasteiger partial charge in [-0.1, -0.05) is 34.1 Å². The number of rotatable bonds is 7. The second-order valence-electron chi connectivity index (χ2n) is 5.72. The van der Waals surface area contributed by atoms with Crippen molar-refractivity contribution < 1.29 is 11.0 Å². The highest BCUT2D eigenvalue weighted by Crippen LogP contribution is 2.18. The van der Waals surface area contributed by atoms with Crippen LogP contribution in [0.2, 0.25) is 0 Å². The standard InChI is InChI=1S/C14H28N2O2/c1-6-7-10-15-13(18)16-11(2)8-9-12(17)14(3,4)5/h11H,6-10H2,1-5H3,(H2,15,16,18)/t11-/m1/s1/i10T/t10-,11+/m0. The van der Waals surface area contributed by atoms with Crippen LogP contribution >= 0.6 is 0 Å². The summed E-state index contributed by atoms with van der Waals surface area (Å²) in [6, 6.07) is -0.399. The number of urea groups is 1. The molecule has 0 fully saturated rings. The van der Waals surface area contributed by atoms with Gasteiger partial charge in [-0.25, -0.2) is 4.79 Å². The zero-order valence-corrected chi connectivity index (χ0v) is 12.3. The van der Waals surface area contributed by atoms with Gasteiger partial charge in [0.05, 0.1) is 0 Å².